The second-order valence-corrected chi connectivity index (χ2v) is 10.5. The van der Waals surface area contributed by atoms with Crippen LogP contribution in [0.5, 0.6) is 5.75 Å². The Hall–Kier alpha value is -2.57. The molecule has 1 amide bonds. The number of piperidine rings is 1. The van der Waals surface area contributed by atoms with Crippen LogP contribution in [0, 0.1) is 5.92 Å². The molecule has 3 fully saturated rings. The molecule has 1 saturated carbocycles. The molecule has 6 rings (SSSR count). The van der Waals surface area contributed by atoms with E-state index in [9.17, 15) is 15.0 Å². The summed E-state index contributed by atoms with van der Waals surface area (Å²) in [4.78, 5) is 17.4. The summed E-state index contributed by atoms with van der Waals surface area (Å²) in [5, 5.41) is 22.8. The van der Waals surface area contributed by atoms with Crippen LogP contribution < -0.4 is 0 Å². The van der Waals surface area contributed by atoms with Crippen LogP contribution in [0.2, 0.25) is 0 Å². The summed E-state index contributed by atoms with van der Waals surface area (Å²) in [5.74, 6) is 0.985. The second-order valence-electron chi connectivity index (χ2n) is 10.5. The molecule has 174 valence electrons. The van der Waals surface area contributed by atoms with E-state index in [0.717, 1.165) is 43.0 Å². The average molecular weight is 449 g/mol. The number of nitrogens with zero attached hydrogens (tertiary/aromatic N) is 2. The summed E-state index contributed by atoms with van der Waals surface area (Å²) >= 11 is 0. The van der Waals surface area contributed by atoms with Crippen molar-refractivity contribution in [3.8, 4) is 5.75 Å². The van der Waals surface area contributed by atoms with Gasteiger partial charge in [0.15, 0.2) is 0 Å². The predicted molar refractivity (Wildman–Crippen MR) is 125 cm³/mol. The Labute approximate surface area is 194 Å². The Morgan fingerprint density at radius 2 is 1.97 bits per heavy atom. The molecule has 4 aliphatic rings. The molecule has 3 atom stereocenters. The molecule has 3 heterocycles. The maximum absolute atomic E-state index is 13.0. The fourth-order valence-electron chi connectivity index (χ4n) is 6.73. The average Bonchev–Trinajstić information content (AvgIpc) is 3.50. The van der Waals surface area contributed by atoms with Gasteiger partial charge < -0.3 is 19.5 Å². The number of benzene rings is 1. The van der Waals surface area contributed by atoms with Gasteiger partial charge in [-0.15, -0.1) is 0 Å². The van der Waals surface area contributed by atoms with Gasteiger partial charge in [-0.2, -0.15) is 0 Å². The van der Waals surface area contributed by atoms with E-state index in [2.05, 4.69) is 4.90 Å². The minimum atomic E-state index is -0.912. The molecule has 2 saturated heterocycles. The number of aliphatic hydroxyl groups is 1. The van der Waals surface area contributed by atoms with Gasteiger partial charge in [0.1, 0.15) is 5.75 Å². The number of hydrogen-bond donors (Lipinski definition) is 2. The number of phenols is 1. The number of rotatable bonds is 4. The van der Waals surface area contributed by atoms with Crippen LogP contribution in [0.25, 0.3) is 6.08 Å². The first-order valence-electron chi connectivity index (χ1n) is 12.3. The largest absolute Gasteiger partial charge is 0.508 e. The first kappa shape index (κ1) is 21.0. The standard InChI is InChI=1S/C27H32N2O4/c30-22-5-4-21-15-24-27(32)10-13-28(25(31)6-3-20-7-14-33-18-20)11-8-26(27,23(21)16-22)9-12-29(24)17-19-1-2-19/h3-7,14,16,18-19,24,30,32H,1-2,8-13,15,17H2/b6-3+/t24-,26+,27-/m1/s1. The van der Waals surface area contributed by atoms with Crippen molar-refractivity contribution >= 4 is 12.0 Å². The van der Waals surface area contributed by atoms with Gasteiger partial charge in [0, 0.05) is 42.7 Å². The summed E-state index contributed by atoms with van der Waals surface area (Å²) in [6.45, 7) is 3.16. The SMILES string of the molecule is O=C(/C=C/c1ccoc1)N1CC[C@]23CCN(CC4CC4)[C@H](Cc4ccc(O)cc42)[C@]3(O)CC1. The molecule has 1 aromatic carbocycles. The smallest absolute Gasteiger partial charge is 0.246 e. The molecule has 2 aliphatic heterocycles. The predicted octanol–water partition coefficient (Wildman–Crippen LogP) is 3.33. The molecule has 2 bridgehead atoms. The van der Waals surface area contributed by atoms with E-state index in [1.54, 1.807) is 30.7 Å². The molecule has 2 aromatic rings. The van der Waals surface area contributed by atoms with Crippen molar-refractivity contribution in [2.75, 3.05) is 26.2 Å². The van der Waals surface area contributed by atoms with Gasteiger partial charge in [0.25, 0.3) is 0 Å². The van der Waals surface area contributed by atoms with Crippen LogP contribution in [0.15, 0.2) is 47.3 Å². The summed E-state index contributed by atoms with van der Waals surface area (Å²) in [5.41, 5.74) is 1.84. The van der Waals surface area contributed by atoms with Crippen LogP contribution in [0.1, 0.15) is 48.8 Å². The summed E-state index contributed by atoms with van der Waals surface area (Å²) < 4.78 is 5.09. The molecule has 2 aliphatic carbocycles. The highest BCUT2D eigenvalue weighted by Gasteiger charge is 2.63. The Morgan fingerprint density at radius 3 is 2.76 bits per heavy atom. The van der Waals surface area contributed by atoms with Crippen molar-refractivity contribution < 1.29 is 19.4 Å². The second kappa shape index (κ2) is 7.74. The summed E-state index contributed by atoms with van der Waals surface area (Å²) in [6, 6.07) is 7.57. The van der Waals surface area contributed by atoms with Crippen LogP contribution in [-0.4, -0.2) is 63.7 Å². The number of phenolic OH excluding ortho intramolecular Hbond substituents is 1. The van der Waals surface area contributed by atoms with Crippen molar-refractivity contribution in [1.29, 1.82) is 0 Å². The van der Waals surface area contributed by atoms with Crippen LogP contribution >= 0.6 is 0 Å². The molecule has 0 spiro atoms. The van der Waals surface area contributed by atoms with Gasteiger partial charge in [0.2, 0.25) is 5.91 Å². The minimum absolute atomic E-state index is 0.0321. The van der Waals surface area contributed by atoms with Crippen LogP contribution in [-0.2, 0) is 16.6 Å². The number of likely N-dealkylation sites (tertiary alicyclic amines) is 2. The zero-order chi connectivity index (χ0) is 22.6. The van der Waals surface area contributed by atoms with Crippen LogP contribution in [0.4, 0.5) is 0 Å². The lowest BCUT2D eigenvalue weighted by atomic mass is 9.52. The van der Waals surface area contributed by atoms with E-state index in [-0.39, 0.29) is 17.7 Å². The molecule has 0 unspecified atom stereocenters. The lowest BCUT2D eigenvalue weighted by Gasteiger charge is -2.61. The molecule has 0 radical (unpaired) electrons. The third kappa shape index (κ3) is 3.42. The van der Waals surface area contributed by atoms with E-state index >= 15 is 0 Å². The summed E-state index contributed by atoms with van der Waals surface area (Å²) in [7, 11) is 0. The van der Waals surface area contributed by atoms with Crippen molar-refractivity contribution in [2.24, 2.45) is 5.92 Å². The van der Waals surface area contributed by atoms with E-state index in [1.165, 1.54) is 18.4 Å². The van der Waals surface area contributed by atoms with Gasteiger partial charge in [-0.25, -0.2) is 0 Å². The molecule has 6 heteroatoms. The van der Waals surface area contributed by atoms with Gasteiger partial charge in [0.05, 0.1) is 18.1 Å². The molecule has 33 heavy (non-hydrogen) atoms. The van der Waals surface area contributed by atoms with E-state index in [1.807, 2.05) is 23.1 Å². The number of furan rings is 1. The maximum Gasteiger partial charge on any atom is 0.246 e. The zero-order valence-corrected chi connectivity index (χ0v) is 18.9. The van der Waals surface area contributed by atoms with E-state index in [0.29, 0.717) is 25.9 Å². The van der Waals surface area contributed by atoms with Gasteiger partial charge in [-0.3, -0.25) is 9.69 Å². The fraction of sp³-hybridized carbons (Fsp3) is 0.519. The first-order chi connectivity index (χ1) is 16.0. The normalized spacial score (nSPS) is 31.8. The zero-order valence-electron chi connectivity index (χ0n) is 18.9. The van der Waals surface area contributed by atoms with Crippen molar-refractivity contribution in [2.45, 2.75) is 55.6 Å². The van der Waals surface area contributed by atoms with Crippen molar-refractivity contribution in [3.05, 3.63) is 59.6 Å². The van der Waals surface area contributed by atoms with Crippen molar-refractivity contribution in [1.82, 2.24) is 9.80 Å². The Balaban J connectivity index is 1.34. The molecular formula is C27H32N2O4. The Kier molecular flexibility index (Phi) is 4.93. The fourth-order valence-corrected chi connectivity index (χ4v) is 6.73. The molecule has 2 N–H and O–H groups in total. The number of amides is 1. The Morgan fingerprint density at radius 1 is 1.15 bits per heavy atom. The Bertz CT molecular complexity index is 1080. The maximum atomic E-state index is 13.0. The summed E-state index contributed by atoms with van der Waals surface area (Å²) in [6.07, 6.45) is 12.1. The highest BCUT2D eigenvalue weighted by Crippen LogP contribution is 2.56. The van der Waals surface area contributed by atoms with Crippen molar-refractivity contribution in [3.63, 3.8) is 0 Å². The lowest BCUT2D eigenvalue weighted by molar-refractivity contribution is -0.149. The highest BCUT2D eigenvalue weighted by molar-refractivity contribution is 5.91. The number of fused-ring (bicyclic) bond motifs is 1. The van der Waals surface area contributed by atoms with Gasteiger partial charge in [-0.1, -0.05) is 6.07 Å². The third-order valence-electron chi connectivity index (χ3n) is 8.70. The number of hydrogen-bond acceptors (Lipinski definition) is 5. The van der Waals surface area contributed by atoms with Crippen LogP contribution in [0.3, 0.4) is 0 Å². The monoisotopic (exact) mass is 448 g/mol. The highest BCUT2D eigenvalue weighted by atomic mass is 16.3. The van der Waals surface area contributed by atoms with Gasteiger partial charge in [-0.05, 0) is 86.4 Å². The van der Waals surface area contributed by atoms with E-state index < -0.39 is 11.0 Å². The molecular weight excluding hydrogens is 416 g/mol. The number of carbonyl (C=O) groups excluding carboxylic acids is 1. The van der Waals surface area contributed by atoms with Gasteiger partial charge >= 0.3 is 0 Å². The first-order valence-corrected chi connectivity index (χ1v) is 12.3. The van der Waals surface area contributed by atoms with E-state index in [4.69, 9.17) is 4.42 Å². The third-order valence-corrected chi connectivity index (χ3v) is 8.70. The minimum Gasteiger partial charge on any atom is -0.508 e. The molecule has 1 aromatic heterocycles. The topological polar surface area (TPSA) is 77.2 Å². The molecule has 6 nitrogen and oxygen atoms in total. The quantitative estimate of drug-likeness (QED) is 0.702. The number of carbonyl (C=O) groups is 1. The number of aromatic hydroxyl groups is 1. The lowest BCUT2D eigenvalue weighted by Crippen LogP contribution is -2.71.